The van der Waals surface area contributed by atoms with Crippen molar-refractivity contribution in [1.29, 1.82) is 0 Å². The van der Waals surface area contributed by atoms with Crippen LogP contribution in [0.4, 0.5) is 0 Å². The Kier molecular flexibility index (Phi) is 5.72. The molecule has 0 saturated carbocycles. The lowest BCUT2D eigenvalue weighted by atomic mass is 11.3. The summed E-state index contributed by atoms with van der Waals surface area (Å²) in [7, 11) is -1.11. The van der Waals surface area contributed by atoms with Crippen molar-refractivity contribution in [2.75, 3.05) is 20.4 Å². The van der Waals surface area contributed by atoms with Crippen molar-refractivity contribution >= 4 is 17.3 Å². The average molecular weight is 196 g/mol. The van der Waals surface area contributed by atoms with Crippen LogP contribution in [-0.2, 0) is 18.1 Å². The van der Waals surface area contributed by atoms with Gasteiger partial charge in [0.1, 0.15) is 0 Å². The zero-order valence-electron chi connectivity index (χ0n) is 6.78. The average Bonchev–Trinajstić information content (AvgIpc) is 2.05. The molecule has 0 saturated heterocycles. The van der Waals surface area contributed by atoms with Crippen LogP contribution in [0.1, 0.15) is 0 Å². The van der Waals surface area contributed by atoms with Gasteiger partial charge in [0.15, 0.2) is 0 Å². The highest BCUT2D eigenvalue weighted by Crippen LogP contribution is 2.47. The van der Waals surface area contributed by atoms with Gasteiger partial charge < -0.3 is 0 Å². The monoisotopic (exact) mass is 196 g/mol. The van der Waals surface area contributed by atoms with E-state index in [-0.39, 0.29) is 0 Å². The summed E-state index contributed by atoms with van der Waals surface area (Å²) in [4.78, 5) is 0. The molecular formula is C5H13O4PSi. The van der Waals surface area contributed by atoms with Gasteiger partial charge in [-0.2, -0.15) is 0 Å². The van der Waals surface area contributed by atoms with Gasteiger partial charge >= 0.3 is 7.82 Å². The lowest BCUT2D eigenvalue weighted by Crippen LogP contribution is -2.01. The highest BCUT2D eigenvalue weighted by molar-refractivity contribution is 7.48. The molecule has 0 N–H and O–H groups in total. The van der Waals surface area contributed by atoms with E-state index < -0.39 is 17.3 Å². The van der Waals surface area contributed by atoms with Crippen LogP contribution >= 0.6 is 7.82 Å². The van der Waals surface area contributed by atoms with Crippen molar-refractivity contribution in [3.63, 3.8) is 0 Å². The molecule has 0 heterocycles. The van der Waals surface area contributed by atoms with E-state index in [0.717, 1.165) is 0 Å². The molecule has 6 heteroatoms. The van der Waals surface area contributed by atoms with Crippen molar-refractivity contribution in [3.8, 4) is 0 Å². The van der Waals surface area contributed by atoms with E-state index in [4.69, 9.17) is 4.52 Å². The summed E-state index contributed by atoms with van der Waals surface area (Å²) in [6.07, 6.45) is 0.433. The maximum absolute atomic E-state index is 11.1. The molecule has 0 aromatic rings. The number of phosphoric ester groups is 1. The molecule has 0 aromatic heterocycles. The quantitative estimate of drug-likeness (QED) is 0.356. The first kappa shape index (κ1) is 11.1. The predicted molar refractivity (Wildman–Crippen MR) is 46.3 cm³/mol. The van der Waals surface area contributed by atoms with Crippen LogP contribution in [0.5, 0.6) is 0 Å². The topological polar surface area (TPSA) is 44.8 Å². The zero-order chi connectivity index (χ0) is 8.74. The molecule has 0 radical (unpaired) electrons. The van der Waals surface area contributed by atoms with E-state index in [2.05, 4.69) is 15.6 Å². The van der Waals surface area contributed by atoms with Crippen LogP contribution in [0.3, 0.4) is 0 Å². The Morgan fingerprint density at radius 1 is 1.55 bits per heavy atom. The summed E-state index contributed by atoms with van der Waals surface area (Å²) in [5, 5.41) is 0. The third kappa shape index (κ3) is 4.50. The van der Waals surface area contributed by atoms with Crippen LogP contribution < -0.4 is 0 Å². The Bertz CT molecular complexity index is 153. The third-order valence-electron chi connectivity index (χ3n) is 1.02. The maximum atomic E-state index is 11.1. The smallest absolute Gasteiger partial charge is 0.291 e. The van der Waals surface area contributed by atoms with Gasteiger partial charge in [-0.1, -0.05) is 0 Å². The minimum Gasteiger partial charge on any atom is -0.291 e. The molecule has 0 amide bonds. The van der Waals surface area contributed by atoms with E-state index in [1.54, 1.807) is 5.70 Å². The number of hydrogen-bond acceptors (Lipinski definition) is 4. The lowest BCUT2D eigenvalue weighted by Gasteiger charge is -2.11. The van der Waals surface area contributed by atoms with Gasteiger partial charge in [-0.15, -0.1) is 12.3 Å². The van der Waals surface area contributed by atoms with E-state index in [1.165, 1.54) is 14.2 Å². The van der Waals surface area contributed by atoms with Crippen molar-refractivity contribution in [1.82, 2.24) is 0 Å². The van der Waals surface area contributed by atoms with Gasteiger partial charge in [0, 0.05) is 20.4 Å². The van der Waals surface area contributed by atoms with Crippen LogP contribution in [0.2, 0.25) is 0 Å². The summed E-state index contributed by atoms with van der Waals surface area (Å²) < 4.78 is 25.1. The Morgan fingerprint density at radius 2 is 2.09 bits per heavy atom. The molecule has 0 bridgehead atoms. The molecule has 0 aliphatic heterocycles. The lowest BCUT2D eigenvalue weighted by molar-refractivity contribution is 0.170. The van der Waals surface area contributed by atoms with Gasteiger partial charge in [0.25, 0.3) is 0 Å². The summed E-state index contributed by atoms with van der Waals surface area (Å²) in [5.41, 5.74) is 1.80. The fourth-order valence-electron chi connectivity index (χ4n) is 0.428. The minimum atomic E-state index is -3.22. The van der Waals surface area contributed by atoms with Crippen LogP contribution in [-0.4, -0.2) is 30.0 Å². The largest absolute Gasteiger partial charge is 0.473 e. The van der Waals surface area contributed by atoms with Gasteiger partial charge in [-0.25, -0.2) is 4.57 Å². The molecule has 0 atom stereocenters. The minimum absolute atomic E-state index is 0.433. The Morgan fingerprint density at radius 3 is 2.45 bits per heavy atom. The van der Waals surface area contributed by atoms with Crippen molar-refractivity contribution in [2.45, 2.75) is 0 Å². The SMILES string of the molecule is C=C[SiH2]COP(=O)(OC)OC. The molecule has 4 nitrogen and oxygen atoms in total. The molecule has 0 aromatic carbocycles. The number of hydrogen-bond donors (Lipinski definition) is 0. The summed E-state index contributed by atoms with van der Waals surface area (Å²) in [5.74, 6) is 0. The molecule has 11 heavy (non-hydrogen) atoms. The van der Waals surface area contributed by atoms with E-state index in [0.29, 0.717) is 6.23 Å². The molecule has 0 spiro atoms. The van der Waals surface area contributed by atoms with Gasteiger partial charge in [0.05, 0.1) is 9.52 Å². The van der Waals surface area contributed by atoms with Crippen molar-refractivity contribution in [2.24, 2.45) is 0 Å². The second kappa shape index (κ2) is 5.68. The summed E-state index contributed by atoms with van der Waals surface area (Å²) in [6.45, 7) is 3.54. The highest BCUT2D eigenvalue weighted by Gasteiger charge is 2.21. The van der Waals surface area contributed by atoms with Crippen molar-refractivity contribution in [3.05, 3.63) is 12.3 Å². The summed E-state index contributed by atoms with van der Waals surface area (Å²) >= 11 is 0. The fraction of sp³-hybridized carbons (Fsp3) is 0.600. The van der Waals surface area contributed by atoms with E-state index in [1.807, 2.05) is 0 Å². The molecule has 0 aliphatic rings. The first-order valence-corrected chi connectivity index (χ1v) is 6.43. The van der Waals surface area contributed by atoms with E-state index in [9.17, 15) is 4.57 Å². The second-order valence-corrected chi connectivity index (χ2v) is 5.17. The van der Waals surface area contributed by atoms with Gasteiger partial charge in [-0.05, 0) is 0 Å². The van der Waals surface area contributed by atoms with Crippen molar-refractivity contribution < 1.29 is 18.1 Å². The molecule has 0 aliphatic carbocycles. The molecule has 66 valence electrons. The molecule has 0 rings (SSSR count). The molecular weight excluding hydrogens is 183 g/mol. The fourth-order valence-corrected chi connectivity index (χ4v) is 2.27. The zero-order valence-corrected chi connectivity index (χ0v) is 9.09. The standard InChI is InChI=1S/C5H13O4PSi/c1-4-11-5-9-10(6,7-2)8-3/h4H,1,5,11H2,2-3H3. The van der Waals surface area contributed by atoms with Gasteiger partial charge in [-0.3, -0.25) is 13.6 Å². The number of phosphoric acid groups is 1. The Balaban J connectivity index is 3.69. The highest BCUT2D eigenvalue weighted by atomic mass is 31.2. The third-order valence-corrected chi connectivity index (χ3v) is 3.60. The van der Waals surface area contributed by atoms with Gasteiger partial charge in [0.2, 0.25) is 0 Å². The Hall–Kier alpha value is 0.0669. The predicted octanol–water partition coefficient (Wildman–Crippen LogP) is 0.674. The van der Waals surface area contributed by atoms with Crippen LogP contribution in [0.15, 0.2) is 12.3 Å². The molecule has 0 fully saturated rings. The molecule has 0 unspecified atom stereocenters. The normalized spacial score (nSPS) is 12.5. The Labute approximate surface area is 69.0 Å². The first-order chi connectivity index (χ1) is 5.18. The van der Waals surface area contributed by atoms with Crippen LogP contribution in [0.25, 0.3) is 0 Å². The van der Waals surface area contributed by atoms with E-state index >= 15 is 0 Å². The van der Waals surface area contributed by atoms with Crippen LogP contribution in [0, 0.1) is 0 Å². The number of rotatable bonds is 6. The second-order valence-electron chi connectivity index (χ2n) is 1.72. The summed E-state index contributed by atoms with van der Waals surface area (Å²) in [6, 6.07) is 0. The first-order valence-electron chi connectivity index (χ1n) is 3.15. The maximum Gasteiger partial charge on any atom is 0.473 e.